The molecule has 2 rings (SSSR count). The second-order valence-corrected chi connectivity index (χ2v) is 4.76. The lowest BCUT2D eigenvalue weighted by Gasteiger charge is -2.19. The molecule has 0 spiro atoms. The number of halogens is 1. The molecular weight excluding hydrogens is 280 g/mol. The van der Waals surface area contributed by atoms with Crippen LogP contribution >= 0.6 is 15.9 Å². The molecule has 90 valence electrons. The quantitative estimate of drug-likeness (QED) is 0.829. The van der Waals surface area contributed by atoms with Crippen molar-refractivity contribution >= 4 is 32.9 Å². The average Bonchev–Trinajstić information content (AvgIpc) is 2.73. The zero-order chi connectivity index (χ0) is 12.4. The van der Waals surface area contributed by atoms with E-state index in [4.69, 9.17) is 0 Å². The number of amides is 1. The molecule has 3 nitrogen and oxygen atoms in total. The lowest BCUT2D eigenvalue weighted by molar-refractivity contribution is 0.206. The Labute approximate surface area is 109 Å². The molecule has 0 unspecified atom stereocenters. The summed E-state index contributed by atoms with van der Waals surface area (Å²) in [7, 11) is 0. The minimum atomic E-state index is 0.0346. The molecule has 1 aromatic heterocycles. The average molecular weight is 295 g/mol. The van der Waals surface area contributed by atoms with Gasteiger partial charge in [-0.3, -0.25) is 4.57 Å². The highest BCUT2D eigenvalue weighted by atomic mass is 79.9. The second-order valence-electron chi connectivity index (χ2n) is 3.84. The van der Waals surface area contributed by atoms with Crippen molar-refractivity contribution in [3.05, 3.63) is 34.9 Å². The summed E-state index contributed by atoms with van der Waals surface area (Å²) in [5.74, 6) is 0. The van der Waals surface area contributed by atoms with Crippen LogP contribution in [0.2, 0.25) is 0 Å². The maximum absolute atomic E-state index is 12.2. The zero-order valence-corrected chi connectivity index (χ0v) is 11.6. The standard InChI is InChI=1S/C13H15BrN2O/c1-3-15(4-2)13(17)16-8-7-10-9-11(14)5-6-12(10)16/h5-9H,3-4H2,1-2H3. The van der Waals surface area contributed by atoms with E-state index in [2.05, 4.69) is 15.9 Å². The summed E-state index contributed by atoms with van der Waals surface area (Å²) >= 11 is 3.43. The predicted octanol–water partition coefficient (Wildman–Crippen LogP) is 3.71. The van der Waals surface area contributed by atoms with E-state index < -0.39 is 0 Å². The molecule has 0 aliphatic heterocycles. The number of benzene rings is 1. The molecule has 0 saturated heterocycles. The Kier molecular flexibility index (Phi) is 3.52. The van der Waals surface area contributed by atoms with Gasteiger partial charge in [-0.1, -0.05) is 15.9 Å². The van der Waals surface area contributed by atoms with Crippen LogP contribution in [0.5, 0.6) is 0 Å². The van der Waals surface area contributed by atoms with Gasteiger partial charge in [0.2, 0.25) is 0 Å². The summed E-state index contributed by atoms with van der Waals surface area (Å²) in [6.45, 7) is 5.43. The van der Waals surface area contributed by atoms with Crippen LogP contribution in [0, 0.1) is 0 Å². The Morgan fingerprint density at radius 2 is 2.00 bits per heavy atom. The fourth-order valence-electron chi connectivity index (χ4n) is 1.93. The second kappa shape index (κ2) is 4.92. The molecule has 0 atom stereocenters. The van der Waals surface area contributed by atoms with Crippen molar-refractivity contribution in [1.82, 2.24) is 9.47 Å². The van der Waals surface area contributed by atoms with Gasteiger partial charge in [0.1, 0.15) is 0 Å². The van der Waals surface area contributed by atoms with Crippen molar-refractivity contribution < 1.29 is 4.79 Å². The van der Waals surface area contributed by atoms with Crippen LogP contribution in [-0.2, 0) is 0 Å². The number of hydrogen-bond donors (Lipinski definition) is 0. The molecule has 4 heteroatoms. The molecule has 0 aliphatic rings. The van der Waals surface area contributed by atoms with Crippen molar-refractivity contribution in [2.75, 3.05) is 13.1 Å². The van der Waals surface area contributed by atoms with Gasteiger partial charge >= 0.3 is 6.03 Å². The van der Waals surface area contributed by atoms with Crippen molar-refractivity contribution in [2.45, 2.75) is 13.8 Å². The predicted molar refractivity (Wildman–Crippen MR) is 73.4 cm³/mol. The monoisotopic (exact) mass is 294 g/mol. The number of carbonyl (C=O) groups is 1. The molecule has 17 heavy (non-hydrogen) atoms. The first-order valence-electron chi connectivity index (χ1n) is 5.73. The third-order valence-electron chi connectivity index (χ3n) is 2.89. The van der Waals surface area contributed by atoms with E-state index in [1.54, 1.807) is 4.57 Å². The third kappa shape index (κ3) is 2.22. The first-order chi connectivity index (χ1) is 8.17. The summed E-state index contributed by atoms with van der Waals surface area (Å²) in [4.78, 5) is 14.1. The number of hydrogen-bond acceptors (Lipinski definition) is 1. The van der Waals surface area contributed by atoms with Crippen molar-refractivity contribution in [3.8, 4) is 0 Å². The lowest BCUT2D eigenvalue weighted by atomic mass is 10.2. The van der Waals surface area contributed by atoms with E-state index in [0.717, 1.165) is 28.5 Å². The highest BCUT2D eigenvalue weighted by molar-refractivity contribution is 9.10. The molecule has 1 amide bonds. The van der Waals surface area contributed by atoms with Gasteiger partial charge in [0.15, 0.2) is 0 Å². The van der Waals surface area contributed by atoms with Crippen molar-refractivity contribution in [1.29, 1.82) is 0 Å². The summed E-state index contributed by atoms with van der Waals surface area (Å²) < 4.78 is 2.73. The van der Waals surface area contributed by atoms with Crippen LogP contribution < -0.4 is 0 Å². The summed E-state index contributed by atoms with van der Waals surface area (Å²) in [6.07, 6.45) is 1.83. The van der Waals surface area contributed by atoms with Crippen LogP contribution in [0.1, 0.15) is 13.8 Å². The molecule has 0 radical (unpaired) electrons. The molecular formula is C13H15BrN2O. The molecule has 0 aliphatic carbocycles. The van der Waals surface area contributed by atoms with Crippen molar-refractivity contribution in [2.24, 2.45) is 0 Å². The summed E-state index contributed by atoms with van der Waals surface area (Å²) in [5.41, 5.74) is 0.949. The summed E-state index contributed by atoms with van der Waals surface area (Å²) in [5, 5.41) is 1.07. The maximum atomic E-state index is 12.2. The first kappa shape index (κ1) is 12.2. The fourth-order valence-corrected chi connectivity index (χ4v) is 2.31. The van der Waals surface area contributed by atoms with Gasteiger partial charge in [-0.05, 0) is 38.1 Å². The van der Waals surface area contributed by atoms with E-state index in [9.17, 15) is 4.79 Å². The Balaban J connectivity index is 2.46. The van der Waals surface area contributed by atoms with Crippen LogP contribution in [0.3, 0.4) is 0 Å². The summed E-state index contributed by atoms with van der Waals surface area (Å²) in [6, 6.07) is 7.92. The van der Waals surface area contributed by atoms with Crippen LogP contribution in [0.15, 0.2) is 34.9 Å². The normalized spacial score (nSPS) is 10.8. The Morgan fingerprint density at radius 1 is 1.29 bits per heavy atom. The topological polar surface area (TPSA) is 25.2 Å². The molecule has 0 N–H and O–H groups in total. The zero-order valence-electron chi connectivity index (χ0n) is 9.98. The Bertz CT molecular complexity index is 543. The molecule has 0 saturated carbocycles. The minimum Gasteiger partial charge on any atom is -0.325 e. The Morgan fingerprint density at radius 3 is 2.65 bits per heavy atom. The first-order valence-corrected chi connectivity index (χ1v) is 6.52. The maximum Gasteiger partial charge on any atom is 0.328 e. The van der Waals surface area contributed by atoms with Crippen LogP contribution in [-0.4, -0.2) is 28.6 Å². The van der Waals surface area contributed by atoms with Gasteiger partial charge < -0.3 is 4.90 Å². The highest BCUT2D eigenvalue weighted by Gasteiger charge is 2.13. The fraction of sp³-hybridized carbons (Fsp3) is 0.308. The van der Waals surface area contributed by atoms with Gasteiger partial charge in [0.05, 0.1) is 5.52 Å². The number of aromatic nitrogens is 1. The molecule has 1 heterocycles. The Hall–Kier alpha value is -1.29. The number of nitrogens with zero attached hydrogens (tertiary/aromatic N) is 2. The van der Waals surface area contributed by atoms with Gasteiger partial charge in [0.25, 0.3) is 0 Å². The van der Waals surface area contributed by atoms with E-state index in [1.807, 2.05) is 49.2 Å². The van der Waals surface area contributed by atoms with Gasteiger partial charge in [-0.2, -0.15) is 0 Å². The highest BCUT2D eigenvalue weighted by Crippen LogP contribution is 2.21. The largest absolute Gasteiger partial charge is 0.328 e. The van der Waals surface area contributed by atoms with E-state index >= 15 is 0 Å². The van der Waals surface area contributed by atoms with Crippen LogP contribution in [0.25, 0.3) is 10.9 Å². The SMILES string of the molecule is CCN(CC)C(=O)n1ccc2cc(Br)ccc21. The van der Waals surface area contributed by atoms with Gasteiger partial charge in [-0.15, -0.1) is 0 Å². The van der Waals surface area contributed by atoms with E-state index in [0.29, 0.717) is 0 Å². The molecule has 0 bridgehead atoms. The van der Waals surface area contributed by atoms with Crippen molar-refractivity contribution in [3.63, 3.8) is 0 Å². The smallest absolute Gasteiger partial charge is 0.325 e. The van der Waals surface area contributed by atoms with Gasteiger partial charge in [0, 0.05) is 29.1 Å². The van der Waals surface area contributed by atoms with Crippen LogP contribution in [0.4, 0.5) is 4.79 Å². The number of rotatable bonds is 2. The number of fused-ring (bicyclic) bond motifs is 1. The lowest BCUT2D eigenvalue weighted by Crippen LogP contribution is -2.33. The van der Waals surface area contributed by atoms with E-state index in [-0.39, 0.29) is 6.03 Å². The molecule has 1 aromatic carbocycles. The third-order valence-corrected chi connectivity index (χ3v) is 3.39. The molecule has 0 fully saturated rings. The van der Waals surface area contributed by atoms with E-state index in [1.165, 1.54) is 0 Å². The van der Waals surface area contributed by atoms with Gasteiger partial charge in [-0.25, -0.2) is 4.79 Å². The minimum absolute atomic E-state index is 0.0346. The number of carbonyl (C=O) groups excluding carboxylic acids is 1. The molecule has 2 aromatic rings.